The summed E-state index contributed by atoms with van der Waals surface area (Å²) in [5.74, 6) is -0.819. The lowest BCUT2D eigenvalue weighted by molar-refractivity contribution is -0.141. The second kappa shape index (κ2) is 9.65. The fraction of sp³-hybridized carbons (Fsp3) is 0.692. The van der Waals surface area contributed by atoms with Gasteiger partial charge in [0.2, 0.25) is 5.91 Å². The van der Waals surface area contributed by atoms with Crippen LogP contribution in [-0.2, 0) is 9.59 Å². The Hall–Kier alpha value is -1.36. The van der Waals surface area contributed by atoms with Gasteiger partial charge in [0, 0.05) is 6.42 Å². The topological polar surface area (TPSA) is 92.4 Å². The Labute approximate surface area is 108 Å². The second-order valence-electron chi connectivity index (χ2n) is 4.37. The lowest BCUT2D eigenvalue weighted by Crippen LogP contribution is -2.40. The van der Waals surface area contributed by atoms with E-state index in [9.17, 15) is 9.59 Å². The van der Waals surface area contributed by atoms with E-state index in [1.165, 1.54) is 6.08 Å². The molecule has 0 saturated heterocycles. The molecule has 0 fully saturated rings. The number of amides is 1. The maximum atomic E-state index is 11.6. The van der Waals surface area contributed by atoms with E-state index in [2.05, 4.69) is 18.8 Å². The first-order chi connectivity index (χ1) is 8.54. The second-order valence-corrected chi connectivity index (χ2v) is 4.37. The van der Waals surface area contributed by atoms with Crippen molar-refractivity contribution in [2.24, 2.45) is 11.7 Å². The molecule has 0 bridgehead atoms. The Morgan fingerprint density at radius 1 is 1.44 bits per heavy atom. The van der Waals surface area contributed by atoms with E-state index in [1.807, 2.05) is 0 Å². The van der Waals surface area contributed by atoms with Crippen molar-refractivity contribution < 1.29 is 14.7 Å². The predicted molar refractivity (Wildman–Crippen MR) is 71.1 cm³/mol. The zero-order chi connectivity index (χ0) is 14.0. The van der Waals surface area contributed by atoms with Crippen molar-refractivity contribution in [3.63, 3.8) is 0 Å². The van der Waals surface area contributed by atoms with E-state index in [0.29, 0.717) is 18.9 Å². The van der Waals surface area contributed by atoms with Gasteiger partial charge in [0.05, 0.1) is 0 Å². The molecule has 0 aliphatic rings. The van der Waals surface area contributed by atoms with Crippen LogP contribution >= 0.6 is 0 Å². The minimum atomic E-state index is -1.03. The SMILES string of the molecule is C=CCC(NC(=O)CCC(CC)CCN)C(=O)O. The average Bonchev–Trinajstić information content (AvgIpc) is 2.33. The minimum Gasteiger partial charge on any atom is -0.480 e. The van der Waals surface area contributed by atoms with Crippen molar-refractivity contribution in [1.82, 2.24) is 5.32 Å². The molecule has 18 heavy (non-hydrogen) atoms. The van der Waals surface area contributed by atoms with Crippen LogP contribution in [0.4, 0.5) is 0 Å². The molecule has 0 radical (unpaired) electrons. The van der Waals surface area contributed by atoms with E-state index >= 15 is 0 Å². The van der Waals surface area contributed by atoms with E-state index in [4.69, 9.17) is 10.8 Å². The van der Waals surface area contributed by atoms with Gasteiger partial charge in [-0.15, -0.1) is 6.58 Å². The number of carbonyl (C=O) groups excluding carboxylic acids is 1. The van der Waals surface area contributed by atoms with E-state index in [0.717, 1.165) is 19.3 Å². The highest BCUT2D eigenvalue weighted by Gasteiger charge is 2.18. The van der Waals surface area contributed by atoms with E-state index < -0.39 is 12.0 Å². The normalized spacial score (nSPS) is 13.7. The summed E-state index contributed by atoms with van der Waals surface area (Å²) in [6, 6.07) is -0.871. The van der Waals surface area contributed by atoms with Crippen molar-refractivity contribution in [2.45, 2.75) is 45.1 Å². The fourth-order valence-electron chi connectivity index (χ4n) is 1.78. The first kappa shape index (κ1) is 16.6. The first-order valence-corrected chi connectivity index (χ1v) is 6.38. The quantitative estimate of drug-likeness (QED) is 0.513. The van der Waals surface area contributed by atoms with Gasteiger partial charge in [-0.3, -0.25) is 4.79 Å². The third-order valence-corrected chi connectivity index (χ3v) is 2.97. The molecule has 0 aliphatic heterocycles. The van der Waals surface area contributed by atoms with Gasteiger partial charge in [-0.25, -0.2) is 4.79 Å². The van der Waals surface area contributed by atoms with Crippen LogP contribution < -0.4 is 11.1 Å². The average molecular weight is 256 g/mol. The van der Waals surface area contributed by atoms with Gasteiger partial charge < -0.3 is 16.2 Å². The molecule has 0 heterocycles. The van der Waals surface area contributed by atoms with Crippen LogP contribution in [-0.4, -0.2) is 29.6 Å². The summed E-state index contributed by atoms with van der Waals surface area (Å²) in [6.45, 7) is 6.16. The standard InChI is InChI=1S/C13H24N2O3/c1-3-5-11(13(17)18)15-12(16)7-6-10(4-2)8-9-14/h3,10-11H,1,4-9,14H2,2H3,(H,15,16)(H,17,18). The van der Waals surface area contributed by atoms with Gasteiger partial charge in [-0.05, 0) is 31.7 Å². The number of carboxylic acids is 1. The molecule has 104 valence electrons. The van der Waals surface area contributed by atoms with Gasteiger partial charge in [-0.1, -0.05) is 19.4 Å². The number of hydrogen-bond donors (Lipinski definition) is 3. The first-order valence-electron chi connectivity index (χ1n) is 6.38. The smallest absolute Gasteiger partial charge is 0.326 e. The Kier molecular flexibility index (Phi) is 8.92. The van der Waals surface area contributed by atoms with Crippen LogP contribution in [0.2, 0.25) is 0 Å². The minimum absolute atomic E-state index is 0.222. The summed E-state index contributed by atoms with van der Waals surface area (Å²) in [5, 5.41) is 11.4. The number of hydrogen-bond acceptors (Lipinski definition) is 3. The molecule has 1 amide bonds. The summed E-state index contributed by atoms with van der Waals surface area (Å²) in [5.41, 5.74) is 5.48. The summed E-state index contributed by atoms with van der Waals surface area (Å²) >= 11 is 0. The molecule has 0 aliphatic carbocycles. The number of carbonyl (C=O) groups is 2. The number of carboxylic acid groups (broad SMARTS) is 1. The van der Waals surface area contributed by atoms with E-state index in [-0.39, 0.29) is 12.3 Å². The highest BCUT2D eigenvalue weighted by atomic mass is 16.4. The molecule has 0 saturated carbocycles. The summed E-state index contributed by atoms with van der Waals surface area (Å²) < 4.78 is 0. The molecule has 0 aromatic rings. The highest BCUT2D eigenvalue weighted by molar-refractivity contribution is 5.83. The molecular weight excluding hydrogens is 232 g/mol. The Bertz CT molecular complexity index is 279. The lowest BCUT2D eigenvalue weighted by Gasteiger charge is -2.15. The van der Waals surface area contributed by atoms with Gasteiger partial charge in [-0.2, -0.15) is 0 Å². The van der Waals surface area contributed by atoms with Crippen molar-refractivity contribution in [3.8, 4) is 0 Å². The molecule has 0 aromatic carbocycles. The van der Waals surface area contributed by atoms with Crippen LogP contribution in [0.5, 0.6) is 0 Å². The maximum absolute atomic E-state index is 11.6. The summed E-state index contributed by atoms with van der Waals surface area (Å²) in [7, 11) is 0. The predicted octanol–water partition coefficient (Wildman–Crippen LogP) is 1.29. The molecule has 0 aromatic heterocycles. The zero-order valence-electron chi connectivity index (χ0n) is 11.0. The van der Waals surface area contributed by atoms with Gasteiger partial charge in [0.25, 0.3) is 0 Å². The third-order valence-electron chi connectivity index (χ3n) is 2.97. The van der Waals surface area contributed by atoms with Gasteiger partial charge >= 0.3 is 5.97 Å². The molecule has 0 spiro atoms. The van der Waals surface area contributed by atoms with Crippen molar-refractivity contribution in [3.05, 3.63) is 12.7 Å². The number of nitrogens with one attached hydrogen (secondary N) is 1. The molecule has 5 heteroatoms. The van der Waals surface area contributed by atoms with Crippen LogP contribution in [0.25, 0.3) is 0 Å². The monoisotopic (exact) mass is 256 g/mol. The fourth-order valence-corrected chi connectivity index (χ4v) is 1.78. The number of aliphatic carboxylic acids is 1. The molecule has 0 rings (SSSR count). The Balaban J connectivity index is 4.07. The maximum Gasteiger partial charge on any atom is 0.326 e. The molecular formula is C13H24N2O3. The van der Waals surface area contributed by atoms with Crippen LogP contribution in [0.15, 0.2) is 12.7 Å². The Morgan fingerprint density at radius 2 is 2.11 bits per heavy atom. The molecule has 2 unspecified atom stereocenters. The lowest BCUT2D eigenvalue weighted by atomic mass is 9.96. The van der Waals surface area contributed by atoms with E-state index in [1.54, 1.807) is 0 Å². The molecule has 5 nitrogen and oxygen atoms in total. The number of rotatable bonds is 10. The van der Waals surface area contributed by atoms with Gasteiger partial charge in [0.15, 0.2) is 0 Å². The molecule has 2 atom stereocenters. The highest BCUT2D eigenvalue weighted by Crippen LogP contribution is 2.14. The van der Waals surface area contributed by atoms with Crippen molar-refractivity contribution in [1.29, 1.82) is 0 Å². The van der Waals surface area contributed by atoms with Gasteiger partial charge in [0.1, 0.15) is 6.04 Å². The summed E-state index contributed by atoms with van der Waals surface area (Å²) in [4.78, 5) is 22.5. The summed E-state index contributed by atoms with van der Waals surface area (Å²) in [6.07, 6.45) is 4.71. The zero-order valence-corrected chi connectivity index (χ0v) is 11.0. The largest absolute Gasteiger partial charge is 0.480 e. The third kappa shape index (κ3) is 7.06. The Morgan fingerprint density at radius 3 is 2.56 bits per heavy atom. The van der Waals surface area contributed by atoms with Crippen LogP contribution in [0, 0.1) is 5.92 Å². The van der Waals surface area contributed by atoms with Crippen LogP contribution in [0.1, 0.15) is 39.0 Å². The molecule has 4 N–H and O–H groups in total. The van der Waals surface area contributed by atoms with Crippen molar-refractivity contribution >= 4 is 11.9 Å². The van der Waals surface area contributed by atoms with Crippen LogP contribution in [0.3, 0.4) is 0 Å². The van der Waals surface area contributed by atoms with Crippen molar-refractivity contribution in [2.75, 3.05) is 6.54 Å². The number of nitrogens with two attached hydrogens (primary N) is 1.